The molecule has 0 saturated heterocycles. The number of aromatic nitrogens is 2. The van der Waals surface area contributed by atoms with Crippen molar-refractivity contribution in [3.63, 3.8) is 0 Å². The molecule has 1 heterocycles. The summed E-state index contributed by atoms with van der Waals surface area (Å²) >= 11 is 0. The first kappa shape index (κ1) is 25.6. The number of hydrogen-bond donors (Lipinski definition) is 2. The zero-order chi connectivity index (χ0) is 25.6. The molecule has 2 aromatic carbocycles. The molecule has 3 aromatic rings. The zero-order valence-corrected chi connectivity index (χ0v) is 18.8. The lowest BCUT2D eigenvalue weighted by molar-refractivity contribution is -0.384. The van der Waals surface area contributed by atoms with Crippen LogP contribution in [0.5, 0.6) is 5.75 Å². The van der Waals surface area contributed by atoms with Crippen molar-refractivity contribution >= 4 is 23.1 Å². The quantitative estimate of drug-likeness (QED) is 0.172. The van der Waals surface area contributed by atoms with E-state index in [1.807, 2.05) is 19.0 Å². The molecular formula is C22H22F4N6O3. The molecule has 186 valence electrons. The number of rotatable bonds is 10. The SMILES string of the molecule is CN(C)CCCNc1nc(Nc2ccc(F)cc2[N+](=O)[O-])cc(-c2cccc(OC(F)(F)F)c2)n1. The number of nitro benzene ring substituents is 1. The predicted molar refractivity (Wildman–Crippen MR) is 122 cm³/mol. The van der Waals surface area contributed by atoms with E-state index in [1.165, 1.54) is 24.3 Å². The molecular weight excluding hydrogens is 472 g/mol. The van der Waals surface area contributed by atoms with Crippen LogP contribution in [0.3, 0.4) is 0 Å². The minimum Gasteiger partial charge on any atom is -0.406 e. The van der Waals surface area contributed by atoms with Crippen LogP contribution in [-0.4, -0.2) is 53.3 Å². The molecule has 0 aliphatic rings. The van der Waals surface area contributed by atoms with Crippen molar-refractivity contribution in [3.8, 4) is 17.0 Å². The van der Waals surface area contributed by atoms with Crippen LogP contribution in [0.15, 0.2) is 48.5 Å². The highest BCUT2D eigenvalue weighted by atomic mass is 19.4. The summed E-state index contributed by atoms with van der Waals surface area (Å²) in [5, 5.41) is 17.2. The number of nitro groups is 1. The largest absolute Gasteiger partial charge is 0.573 e. The van der Waals surface area contributed by atoms with Crippen LogP contribution in [0.4, 0.5) is 40.7 Å². The van der Waals surface area contributed by atoms with Gasteiger partial charge in [-0.25, -0.2) is 9.37 Å². The van der Waals surface area contributed by atoms with E-state index in [9.17, 15) is 27.7 Å². The highest BCUT2D eigenvalue weighted by molar-refractivity contribution is 5.72. The first-order chi connectivity index (χ1) is 16.5. The normalized spacial score (nSPS) is 11.4. The molecule has 0 bridgehead atoms. The van der Waals surface area contributed by atoms with Gasteiger partial charge in [0, 0.05) is 18.2 Å². The highest BCUT2D eigenvalue weighted by Gasteiger charge is 2.31. The van der Waals surface area contributed by atoms with Crippen molar-refractivity contribution in [2.75, 3.05) is 37.8 Å². The Morgan fingerprint density at radius 2 is 1.89 bits per heavy atom. The van der Waals surface area contributed by atoms with Gasteiger partial charge in [0.1, 0.15) is 23.1 Å². The summed E-state index contributed by atoms with van der Waals surface area (Å²) in [6.45, 7) is 1.28. The first-order valence-electron chi connectivity index (χ1n) is 10.3. The van der Waals surface area contributed by atoms with Gasteiger partial charge in [-0.2, -0.15) is 4.98 Å². The molecule has 1 aromatic heterocycles. The summed E-state index contributed by atoms with van der Waals surface area (Å²) in [4.78, 5) is 21.3. The van der Waals surface area contributed by atoms with Crippen LogP contribution >= 0.6 is 0 Å². The molecule has 9 nitrogen and oxygen atoms in total. The second-order valence-corrected chi connectivity index (χ2v) is 7.66. The van der Waals surface area contributed by atoms with Crippen molar-refractivity contribution in [2.24, 2.45) is 0 Å². The van der Waals surface area contributed by atoms with Crippen molar-refractivity contribution < 1.29 is 27.2 Å². The maximum atomic E-state index is 13.5. The number of anilines is 3. The van der Waals surface area contributed by atoms with Crippen LogP contribution in [-0.2, 0) is 0 Å². The lowest BCUT2D eigenvalue weighted by atomic mass is 10.1. The molecule has 35 heavy (non-hydrogen) atoms. The number of nitrogens with zero attached hydrogens (tertiary/aromatic N) is 4. The Morgan fingerprint density at radius 1 is 1.11 bits per heavy atom. The van der Waals surface area contributed by atoms with E-state index in [0.29, 0.717) is 12.1 Å². The van der Waals surface area contributed by atoms with Gasteiger partial charge in [0.15, 0.2) is 0 Å². The fourth-order valence-corrected chi connectivity index (χ4v) is 3.09. The van der Waals surface area contributed by atoms with Crippen molar-refractivity contribution in [1.29, 1.82) is 0 Å². The van der Waals surface area contributed by atoms with Crippen LogP contribution in [0, 0.1) is 15.9 Å². The standard InChI is InChI=1S/C22H22F4N6O3/c1-31(2)10-4-9-27-21-29-18(14-5-3-6-16(11-14)35-22(24,25)26)13-20(30-21)28-17-8-7-15(23)12-19(17)32(33)34/h3,5-8,11-13H,4,9-10H2,1-2H3,(H2,27,28,29,30). The van der Waals surface area contributed by atoms with Gasteiger partial charge in [0.05, 0.1) is 16.7 Å². The van der Waals surface area contributed by atoms with E-state index in [-0.39, 0.29) is 23.1 Å². The summed E-state index contributed by atoms with van der Waals surface area (Å²) in [6.07, 6.45) is -4.11. The predicted octanol–water partition coefficient (Wildman–Crippen LogP) is 5.20. The Kier molecular flexibility index (Phi) is 8.02. The minimum atomic E-state index is -4.86. The molecule has 0 radical (unpaired) electrons. The van der Waals surface area contributed by atoms with Gasteiger partial charge < -0.3 is 20.3 Å². The fraction of sp³-hybridized carbons (Fsp3) is 0.273. The molecule has 0 unspecified atom stereocenters. The molecule has 3 rings (SSSR count). The Morgan fingerprint density at radius 3 is 2.57 bits per heavy atom. The fourth-order valence-electron chi connectivity index (χ4n) is 3.09. The molecule has 0 atom stereocenters. The third-order valence-electron chi connectivity index (χ3n) is 4.57. The first-order valence-corrected chi connectivity index (χ1v) is 10.3. The third kappa shape index (κ3) is 7.78. The Labute approximate surface area is 197 Å². The number of alkyl halides is 3. The minimum absolute atomic E-state index is 0.0197. The average Bonchev–Trinajstić information content (AvgIpc) is 2.76. The van der Waals surface area contributed by atoms with E-state index in [1.54, 1.807) is 0 Å². The smallest absolute Gasteiger partial charge is 0.406 e. The molecule has 2 N–H and O–H groups in total. The number of hydrogen-bond acceptors (Lipinski definition) is 8. The van der Waals surface area contributed by atoms with Gasteiger partial charge in [0.2, 0.25) is 5.95 Å². The van der Waals surface area contributed by atoms with Gasteiger partial charge in [-0.05, 0) is 51.3 Å². The van der Waals surface area contributed by atoms with E-state index in [2.05, 4.69) is 25.3 Å². The molecule has 13 heteroatoms. The Bertz CT molecular complexity index is 1190. The third-order valence-corrected chi connectivity index (χ3v) is 4.57. The second kappa shape index (κ2) is 11.0. The van der Waals surface area contributed by atoms with Crippen molar-refractivity contribution in [1.82, 2.24) is 14.9 Å². The molecule has 0 saturated carbocycles. The molecule has 0 spiro atoms. The zero-order valence-electron chi connectivity index (χ0n) is 18.8. The van der Waals surface area contributed by atoms with Crippen LogP contribution in [0.25, 0.3) is 11.3 Å². The summed E-state index contributed by atoms with van der Waals surface area (Å²) in [7, 11) is 3.84. The maximum Gasteiger partial charge on any atom is 0.573 e. The van der Waals surface area contributed by atoms with Gasteiger partial charge in [0.25, 0.3) is 5.69 Å². The van der Waals surface area contributed by atoms with Crippen LogP contribution in [0.2, 0.25) is 0 Å². The lowest BCUT2D eigenvalue weighted by Crippen LogP contribution is -2.17. The number of nitrogens with one attached hydrogen (secondary N) is 2. The van der Waals surface area contributed by atoms with E-state index < -0.39 is 28.5 Å². The molecule has 0 aliphatic carbocycles. The Balaban J connectivity index is 1.97. The van der Waals surface area contributed by atoms with Gasteiger partial charge >= 0.3 is 6.36 Å². The maximum absolute atomic E-state index is 13.5. The Hall–Kier alpha value is -4.00. The lowest BCUT2D eigenvalue weighted by Gasteiger charge is -2.14. The molecule has 0 amide bonds. The summed E-state index contributed by atoms with van der Waals surface area (Å²) in [5.41, 5.74) is -0.00265. The van der Waals surface area contributed by atoms with E-state index in [4.69, 9.17) is 0 Å². The summed E-state index contributed by atoms with van der Waals surface area (Å²) in [6, 6.07) is 9.64. The average molecular weight is 494 g/mol. The van der Waals surface area contributed by atoms with Crippen molar-refractivity contribution in [3.05, 3.63) is 64.5 Å². The number of ether oxygens (including phenoxy) is 1. The second-order valence-electron chi connectivity index (χ2n) is 7.66. The van der Waals surface area contributed by atoms with Crippen LogP contribution < -0.4 is 15.4 Å². The molecule has 0 fully saturated rings. The summed E-state index contributed by atoms with van der Waals surface area (Å²) in [5.74, 6) is -0.953. The van der Waals surface area contributed by atoms with Gasteiger partial charge in [-0.15, -0.1) is 13.2 Å². The van der Waals surface area contributed by atoms with E-state index >= 15 is 0 Å². The van der Waals surface area contributed by atoms with Crippen LogP contribution in [0.1, 0.15) is 6.42 Å². The number of halogens is 4. The van der Waals surface area contributed by atoms with Crippen molar-refractivity contribution in [2.45, 2.75) is 12.8 Å². The van der Waals surface area contributed by atoms with Gasteiger partial charge in [-0.1, -0.05) is 12.1 Å². The van der Waals surface area contributed by atoms with E-state index in [0.717, 1.165) is 37.2 Å². The summed E-state index contributed by atoms with van der Waals surface area (Å²) < 4.78 is 55.5. The highest BCUT2D eigenvalue weighted by Crippen LogP contribution is 2.31. The monoisotopic (exact) mass is 494 g/mol. The number of benzene rings is 2. The topological polar surface area (TPSA) is 105 Å². The van der Waals surface area contributed by atoms with Gasteiger partial charge in [-0.3, -0.25) is 10.1 Å². The molecule has 0 aliphatic heterocycles.